The minimum atomic E-state index is -2.07. The molecule has 1 aromatic heterocycles. The quantitative estimate of drug-likeness (QED) is 0.571. The van der Waals surface area contributed by atoms with Crippen molar-refractivity contribution in [1.82, 2.24) is 9.78 Å². The van der Waals surface area contributed by atoms with Crippen molar-refractivity contribution in [2.24, 2.45) is 28.6 Å². The molecule has 1 aromatic rings. The maximum atomic E-state index is 18.0. The first-order chi connectivity index (χ1) is 18.9. The minimum Gasteiger partial charge on any atom is -0.481 e. The molecule has 2 N–H and O–H groups in total. The molecule has 3 heterocycles. The number of ether oxygens (including phenoxy) is 4. The molecule has 0 radical (unpaired) electrons. The van der Waals surface area contributed by atoms with E-state index in [0.29, 0.717) is 30.7 Å². The summed E-state index contributed by atoms with van der Waals surface area (Å²) in [5.74, 6) is -3.12. The van der Waals surface area contributed by atoms with Gasteiger partial charge in [-0.15, -0.1) is 0 Å². The lowest BCUT2D eigenvalue weighted by molar-refractivity contribution is -0.281. The van der Waals surface area contributed by atoms with E-state index in [2.05, 4.69) is 12.0 Å². The van der Waals surface area contributed by atoms with Gasteiger partial charge in [0.2, 0.25) is 5.79 Å². The van der Waals surface area contributed by atoms with Gasteiger partial charge in [-0.2, -0.15) is 5.10 Å². The van der Waals surface area contributed by atoms with Gasteiger partial charge in [0.05, 0.1) is 11.8 Å². The summed E-state index contributed by atoms with van der Waals surface area (Å²) >= 11 is 0. The van der Waals surface area contributed by atoms with Gasteiger partial charge in [-0.25, -0.2) is 8.78 Å². The average Bonchev–Trinajstić information content (AvgIpc) is 3.65. The maximum Gasteiger partial charge on any atom is 0.303 e. The SMILES string of the molecule is C[C@H]1C[C@H]2[C@@H]3C[C@H](F)C4=Cc5nn(CCCC(=O)O)cc5C[C@]4(C)[C@@]3(F)[C@@H](O)C[C@]2(C)[C@]12OCOC21COCO1. The van der Waals surface area contributed by atoms with E-state index >= 15 is 8.78 Å². The number of hydrogen-bond donors (Lipinski definition) is 2. The van der Waals surface area contributed by atoms with Crippen LogP contribution in [0, 0.1) is 28.6 Å². The van der Waals surface area contributed by atoms with Crippen molar-refractivity contribution >= 4 is 12.0 Å². The lowest BCUT2D eigenvalue weighted by Crippen LogP contribution is -2.73. The third-order valence-corrected chi connectivity index (χ3v) is 11.7. The van der Waals surface area contributed by atoms with Gasteiger partial charge in [0, 0.05) is 35.9 Å². The molecule has 2 spiro atoms. The zero-order valence-corrected chi connectivity index (χ0v) is 23.2. The number of aliphatic carboxylic acids is 1. The Labute approximate surface area is 231 Å². The first kappa shape index (κ1) is 26.9. The van der Waals surface area contributed by atoms with Crippen molar-refractivity contribution in [3.63, 3.8) is 0 Å². The van der Waals surface area contributed by atoms with Crippen LogP contribution in [0.4, 0.5) is 8.78 Å². The number of aliphatic hydroxyl groups excluding tert-OH is 1. The Balaban J connectivity index is 1.26. The topological polar surface area (TPSA) is 112 Å². The van der Waals surface area contributed by atoms with Gasteiger partial charge in [-0.1, -0.05) is 20.8 Å². The van der Waals surface area contributed by atoms with Gasteiger partial charge >= 0.3 is 5.97 Å². The molecule has 4 aliphatic carbocycles. The Morgan fingerprint density at radius 3 is 2.70 bits per heavy atom. The molecule has 0 amide bonds. The second-order valence-corrected chi connectivity index (χ2v) is 13.4. The van der Waals surface area contributed by atoms with Gasteiger partial charge in [0.25, 0.3) is 0 Å². The standard InChI is InChI=1S/C29H38F2N2O7/c1-16-7-18-19-8-21(30)20-9-22-17(12-33(32-22)6-4-5-24(35)36)10-25(20,2)28(19,31)23(34)11-26(18,3)29(16)27(39-15-40-29)13-37-14-38-27/h9,12,16,18-19,21,23,34H,4-8,10-11,13-15H2,1-3H3,(H,35,36)/t16-,18-,19-,21-,23-,25-,26-,27?,28-,29+/m0/s1. The number of aryl methyl sites for hydroxylation is 1. The number of halogens is 2. The fraction of sp³-hybridized carbons (Fsp3) is 0.793. The molecule has 1 unspecified atom stereocenters. The predicted molar refractivity (Wildman–Crippen MR) is 136 cm³/mol. The number of alkyl halides is 2. The summed E-state index contributed by atoms with van der Waals surface area (Å²) in [6.45, 7) is 6.53. The minimum absolute atomic E-state index is 0.0185. The first-order valence-electron chi connectivity index (χ1n) is 14.4. The molecule has 2 aliphatic heterocycles. The van der Waals surface area contributed by atoms with Crippen molar-refractivity contribution in [3.8, 4) is 0 Å². The molecule has 0 aromatic carbocycles. The van der Waals surface area contributed by atoms with Gasteiger partial charge in [-0.3, -0.25) is 9.48 Å². The van der Waals surface area contributed by atoms with Crippen LogP contribution < -0.4 is 0 Å². The van der Waals surface area contributed by atoms with Crippen LogP contribution in [0.5, 0.6) is 0 Å². The smallest absolute Gasteiger partial charge is 0.303 e. The molecular formula is C29H38F2N2O7. The molecule has 10 atom stereocenters. The van der Waals surface area contributed by atoms with Crippen LogP contribution in [0.3, 0.4) is 0 Å². The molecule has 0 bridgehead atoms. The summed E-state index contributed by atoms with van der Waals surface area (Å²) in [4.78, 5) is 10.9. The van der Waals surface area contributed by atoms with Crippen LogP contribution in [0.25, 0.3) is 6.08 Å². The zero-order chi connectivity index (χ0) is 28.3. The van der Waals surface area contributed by atoms with E-state index in [9.17, 15) is 9.90 Å². The highest BCUT2D eigenvalue weighted by atomic mass is 19.1. The largest absolute Gasteiger partial charge is 0.481 e. The highest BCUT2D eigenvalue weighted by Gasteiger charge is 2.82. The van der Waals surface area contributed by atoms with Crippen LogP contribution in [0.1, 0.15) is 64.1 Å². The van der Waals surface area contributed by atoms with Crippen molar-refractivity contribution in [2.45, 2.75) is 95.2 Å². The number of nitrogens with zero attached hydrogens (tertiary/aromatic N) is 2. The number of allylic oxidation sites excluding steroid dienone is 1. The Morgan fingerprint density at radius 1 is 1.20 bits per heavy atom. The third kappa shape index (κ3) is 3.08. The number of carboxylic acid groups (broad SMARTS) is 1. The molecule has 220 valence electrons. The number of aliphatic hydroxyl groups is 1. The summed E-state index contributed by atoms with van der Waals surface area (Å²) in [5.41, 5.74) is -3.30. The van der Waals surface area contributed by atoms with Crippen molar-refractivity contribution in [3.05, 3.63) is 23.0 Å². The van der Waals surface area contributed by atoms with Crippen LogP contribution >= 0.6 is 0 Å². The fourth-order valence-corrected chi connectivity index (χ4v) is 10.1. The highest BCUT2D eigenvalue weighted by Crippen LogP contribution is 2.74. The lowest BCUT2D eigenvalue weighted by atomic mass is 9.43. The number of aromatic nitrogens is 2. The molecule has 2 saturated heterocycles. The van der Waals surface area contributed by atoms with E-state index in [1.54, 1.807) is 17.7 Å². The van der Waals surface area contributed by atoms with Crippen LogP contribution in [-0.2, 0) is 36.7 Å². The molecule has 11 heteroatoms. The van der Waals surface area contributed by atoms with Gasteiger partial charge in [0.1, 0.15) is 24.0 Å². The Kier molecular flexibility index (Phi) is 5.77. The summed E-state index contributed by atoms with van der Waals surface area (Å²) in [7, 11) is 0. The molecular weight excluding hydrogens is 526 g/mol. The Morgan fingerprint density at radius 2 is 1.98 bits per heavy atom. The first-order valence-corrected chi connectivity index (χ1v) is 14.4. The van der Waals surface area contributed by atoms with Gasteiger partial charge in [-0.05, 0) is 61.2 Å². The van der Waals surface area contributed by atoms with Gasteiger partial charge in [0.15, 0.2) is 13.6 Å². The number of carboxylic acids is 1. The van der Waals surface area contributed by atoms with E-state index in [4.69, 9.17) is 24.1 Å². The van der Waals surface area contributed by atoms with Crippen LogP contribution in [-0.4, -0.2) is 75.5 Å². The van der Waals surface area contributed by atoms with Gasteiger partial charge < -0.3 is 29.2 Å². The van der Waals surface area contributed by atoms with Crippen LogP contribution in [0.15, 0.2) is 11.8 Å². The van der Waals surface area contributed by atoms with Crippen molar-refractivity contribution in [1.29, 1.82) is 0 Å². The Hall–Kier alpha value is -1.92. The van der Waals surface area contributed by atoms with E-state index < -0.39 is 52.0 Å². The molecule has 5 fully saturated rings. The summed E-state index contributed by atoms with van der Waals surface area (Å²) in [6, 6.07) is 0. The number of hydrogen-bond acceptors (Lipinski definition) is 7. The molecule has 9 nitrogen and oxygen atoms in total. The van der Waals surface area contributed by atoms with E-state index in [1.165, 1.54) is 0 Å². The monoisotopic (exact) mass is 564 g/mol. The molecule has 3 saturated carbocycles. The highest BCUT2D eigenvalue weighted by molar-refractivity contribution is 5.66. The average molecular weight is 565 g/mol. The number of rotatable bonds is 4. The van der Waals surface area contributed by atoms with Crippen molar-refractivity contribution < 1.29 is 42.7 Å². The Bertz CT molecular complexity index is 1260. The summed E-state index contributed by atoms with van der Waals surface area (Å²) in [5, 5.41) is 25.4. The predicted octanol–water partition coefficient (Wildman–Crippen LogP) is 3.63. The van der Waals surface area contributed by atoms with E-state index in [0.717, 1.165) is 5.56 Å². The van der Waals surface area contributed by atoms with E-state index in [-0.39, 0.29) is 57.7 Å². The maximum absolute atomic E-state index is 18.0. The van der Waals surface area contributed by atoms with Crippen LogP contribution in [0.2, 0.25) is 0 Å². The normalized spacial score (nSPS) is 49.0. The second kappa shape index (κ2) is 8.56. The second-order valence-electron chi connectivity index (χ2n) is 13.4. The molecule has 6 aliphatic rings. The number of fused-ring (bicyclic) bond motifs is 8. The third-order valence-electron chi connectivity index (χ3n) is 11.7. The fourth-order valence-electron chi connectivity index (χ4n) is 10.1. The van der Waals surface area contributed by atoms with E-state index in [1.807, 2.05) is 13.1 Å². The molecule has 40 heavy (non-hydrogen) atoms. The summed E-state index contributed by atoms with van der Waals surface area (Å²) in [6.07, 6.45) is 2.07. The van der Waals surface area contributed by atoms with Crippen molar-refractivity contribution in [2.75, 3.05) is 20.2 Å². The molecule has 7 rings (SSSR count). The number of carbonyl (C=O) groups is 1. The zero-order valence-electron chi connectivity index (χ0n) is 23.2. The lowest BCUT2D eigenvalue weighted by Gasteiger charge is -2.64. The summed E-state index contributed by atoms with van der Waals surface area (Å²) < 4.78 is 60.1.